The molecule has 2 N–H and O–H groups in total. The molecule has 6 nitrogen and oxygen atoms in total. The van der Waals surface area contributed by atoms with E-state index in [1.54, 1.807) is 6.21 Å². The fourth-order valence-electron chi connectivity index (χ4n) is 2.64. The first kappa shape index (κ1) is 19.7. The summed E-state index contributed by atoms with van der Waals surface area (Å²) in [6, 6.07) is 9.54. The number of aryl methyl sites for hydroxylation is 1. The lowest BCUT2D eigenvalue weighted by molar-refractivity contribution is -0.129. The molecule has 0 fully saturated rings. The Hall–Kier alpha value is -2.60. The van der Waals surface area contributed by atoms with Gasteiger partial charge >= 0.3 is 0 Å². The number of hydrazone groups is 1. The maximum atomic E-state index is 11.7. The second-order valence-electron chi connectivity index (χ2n) is 6.33. The van der Waals surface area contributed by atoms with E-state index in [-0.39, 0.29) is 18.4 Å². The van der Waals surface area contributed by atoms with Gasteiger partial charge in [-0.05, 0) is 58.0 Å². The highest BCUT2D eigenvalue weighted by molar-refractivity contribution is 6.30. The predicted octanol–water partition coefficient (Wildman–Crippen LogP) is 3.11. The van der Waals surface area contributed by atoms with E-state index in [0.29, 0.717) is 5.02 Å². The molecule has 0 atom stereocenters. The molecule has 0 aliphatic heterocycles. The average molecular weight is 375 g/mol. The van der Waals surface area contributed by atoms with Gasteiger partial charge in [0.25, 0.3) is 0 Å². The van der Waals surface area contributed by atoms with Gasteiger partial charge in [0.05, 0.1) is 6.21 Å². The summed E-state index contributed by atoms with van der Waals surface area (Å²) in [5.41, 5.74) is 6.28. The second kappa shape index (κ2) is 8.67. The van der Waals surface area contributed by atoms with Crippen molar-refractivity contribution in [3.8, 4) is 5.69 Å². The monoisotopic (exact) mass is 374 g/mol. The number of nitrogens with zero attached hydrogens (tertiary/aromatic N) is 2. The van der Waals surface area contributed by atoms with Crippen LogP contribution in [0.1, 0.15) is 37.2 Å². The maximum Gasteiger partial charge on any atom is 0.249 e. The van der Waals surface area contributed by atoms with Crippen LogP contribution in [0, 0.1) is 13.8 Å². The summed E-state index contributed by atoms with van der Waals surface area (Å²) in [6.45, 7) is 7.64. The van der Waals surface area contributed by atoms with Crippen molar-refractivity contribution in [1.82, 2.24) is 15.3 Å². The molecule has 2 rings (SSSR count). The van der Waals surface area contributed by atoms with Crippen LogP contribution in [0.2, 0.25) is 5.02 Å². The third-order valence-electron chi connectivity index (χ3n) is 3.72. The molecule has 138 valence electrons. The summed E-state index contributed by atoms with van der Waals surface area (Å²) < 4.78 is 2.08. The molecule has 0 saturated carbocycles. The summed E-state index contributed by atoms with van der Waals surface area (Å²) in [7, 11) is 0. The highest BCUT2D eigenvalue weighted by Crippen LogP contribution is 2.21. The lowest BCUT2D eigenvalue weighted by Crippen LogP contribution is -2.34. The molecule has 0 saturated heterocycles. The minimum atomic E-state index is -0.453. The second-order valence-corrected chi connectivity index (χ2v) is 6.77. The van der Waals surface area contributed by atoms with Crippen molar-refractivity contribution in [2.24, 2.45) is 5.10 Å². The molecule has 1 aromatic carbocycles. The first-order valence-electron chi connectivity index (χ1n) is 8.34. The molecule has 0 aliphatic rings. The smallest absolute Gasteiger partial charge is 0.249 e. The Bertz CT molecular complexity index is 823. The third kappa shape index (κ3) is 5.20. The molecule has 26 heavy (non-hydrogen) atoms. The molecule has 0 bridgehead atoms. The zero-order chi connectivity index (χ0) is 19.3. The molecule has 0 unspecified atom stereocenters. The van der Waals surface area contributed by atoms with Gasteiger partial charge in [0.1, 0.15) is 6.42 Å². The number of hydrogen-bond donors (Lipinski definition) is 2. The molecule has 0 radical (unpaired) electrons. The highest BCUT2D eigenvalue weighted by Gasteiger charge is 2.11. The number of nitrogens with one attached hydrogen (secondary N) is 2. The Morgan fingerprint density at radius 3 is 2.46 bits per heavy atom. The quantitative estimate of drug-likeness (QED) is 0.463. The van der Waals surface area contributed by atoms with Gasteiger partial charge < -0.3 is 9.88 Å². The number of halogens is 1. The van der Waals surface area contributed by atoms with E-state index in [1.807, 2.05) is 58.0 Å². The molecular formula is C19H23ClN4O2. The average Bonchev–Trinajstić information content (AvgIpc) is 2.82. The van der Waals surface area contributed by atoms with Crippen LogP contribution in [-0.4, -0.2) is 28.6 Å². The lowest BCUT2D eigenvalue weighted by atomic mass is 10.2. The van der Waals surface area contributed by atoms with Crippen LogP contribution in [0.15, 0.2) is 35.4 Å². The number of carbonyl (C=O) groups excluding carboxylic acids is 2. The topological polar surface area (TPSA) is 75.5 Å². The highest BCUT2D eigenvalue weighted by atomic mass is 35.5. The number of benzene rings is 1. The summed E-state index contributed by atoms with van der Waals surface area (Å²) in [4.78, 5) is 23.3. The molecule has 2 amide bonds. The summed E-state index contributed by atoms with van der Waals surface area (Å²) in [6.07, 6.45) is 1.33. The third-order valence-corrected chi connectivity index (χ3v) is 3.97. The minimum absolute atomic E-state index is 0.00272. The van der Waals surface area contributed by atoms with E-state index in [2.05, 4.69) is 20.4 Å². The van der Waals surface area contributed by atoms with E-state index < -0.39 is 5.91 Å². The van der Waals surface area contributed by atoms with Crippen LogP contribution in [0.3, 0.4) is 0 Å². The van der Waals surface area contributed by atoms with E-state index in [4.69, 9.17) is 11.6 Å². The Balaban J connectivity index is 2.05. The van der Waals surface area contributed by atoms with Gasteiger partial charge in [0, 0.05) is 33.7 Å². The van der Waals surface area contributed by atoms with E-state index in [9.17, 15) is 9.59 Å². The van der Waals surface area contributed by atoms with Gasteiger partial charge in [0.15, 0.2) is 0 Å². The standard InChI is InChI=1S/C19H23ClN4O2/c1-12(2)22-18(25)10-19(26)23-21-11-15-9-13(3)24(14(15)4)17-7-5-16(20)6-8-17/h5-9,11-12H,10H2,1-4H3,(H,22,25)(H,23,26)/b21-11+. The Labute approximate surface area is 158 Å². The minimum Gasteiger partial charge on any atom is -0.353 e. The normalized spacial score (nSPS) is 11.2. The number of amides is 2. The Kier molecular flexibility index (Phi) is 6.58. The van der Waals surface area contributed by atoms with Crippen molar-refractivity contribution in [2.45, 2.75) is 40.2 Å². The van der Waals surface area contributed by atoms with Crippen LogP contribution in [0.4, 0.5) is 0 Å². The van der Waals surface area contributed by atoms with Gasteiger partial charge in [-0.3, -0.25) is 9.59 Å². The number of aromatic nitrogens is 1. The van der Waals surface area contributed by atoms with Crippen molar-refractivity contribution in [2.75, 3.05) is 0 Å². The van der Waals surface area contributed by atoms with Crippen molar-refractivity contribution in [3.05, 3.63) is 52.3 Å². The van der Waals surface area contributed by atoms with Crippen LogP contribution < -0.4 is 10.7 Å². The van der Waals surface area contributed by atoms with Crippen LogP contribution in [0.5, 0.6) is 0 Å². The lowest BCUT2D eigenvalue weighted by Gasteiger charge is -2.09. The van der Waals surface area contributed by atoms with Crippen molar-refractivity contribution < 1.29 is 9.59 Å². The van der Waals surface area contributed by atoms with Crippen molar-refractivity contribution in [1.29, 1.82) is 0 Å². The van der Waals surface area contributed by atoms with Crippen LogP contribution in [0.25, 0.3) is 5.69 Å². The van der Waals surface area contributed by atoms with Crippen LogP contribution in [-0.2, 0) is 9.59 Å². The van der Waals surface area contributed by atoms with Crippen molar-refractivity contribution >= 4 is 29.6 Å². The SMILES string of the molecule is Cc1cc(/C=N/NC(=O)CC(=O)NC(C)C)c(C)n1-c1ccc(Cl)cc1. The summed E-state index contributed by atoms with van der Waals surface area (Å²) in [5, 5.41) is 7.30. The molecule has 7 heteroatoms. The molecule has 2 aromatic rings. The predicted molar refractivity (Wildman–Crippen MR) is 104 cm³/mol. The van der Waals surface area contributed by atoms with E-state index >= 15 is 0 Å². The summed E-state index contributed by atoms with van der Waals surface area (Å²) >= 11 is 5.95. The van der Waals surface area contributed by atoms with E-state index in [0.717, 1.165) is 22.6 Å². The Morgan fingerprint density at radius 2 is 1.85 bits per heavy atom. The van der Waals surface area contributed by atoms with Crippen LogP contribution >= 0.6 is 11.6 Å². The van der Waals surface area contributed by atoms with E-state index in [1.165, 1.54) is 0 Å². The first-order valence-corrected chi connectivity index (χ1v) is 8.72. The number of rotatable bonds is 6. The van der Waals surface area contributed by atoms with Gasteiger partial charge in [-0.2, -0.15) is 5.10 Å². The zero-order valence-corrected chi connectivity index (χ0v) is 16.1. The van der Waals surface area contributed by atoms with Gasteiger partial charge in [-0.15, -0.1) is 0 Å². The Morgan fingerprint density at radius 1 is 1.19 bits per heavy atom. The van der Waals surface area contributed by atoms with Crippen molar-refractivity contribution in [3.63, 3.8) is 0 Å². The number of hydrogen-bond acceptors (Lipinski definition) is 3. The fourth-order valence-corrected chi connectivity index (χ4v) is 2.76. The largest absolute Gasteiger partial charge is 0.353 e. The molecule has 1 aromatic heterocycles. The van der Waals surface area contributed by atoms with Gasteiger partial charge in [0.2, 0.25) is 11.8 Å². The van der Waals surface area contributed by atoms with Gasteiger partial charge in [-0.1, -0.05) is 11.6 Å². The molecule has 0 aliphatic carbocycles. The molecule has 1 heterocycles. The molecule has 0 spiro atoms. The first-order chi connectivity index (χ1) is 12.3. The summed E-state index contributed by atoms with van der Waals surface area (Å²) in [5.74, 6) is -0.778. The van der Waals surface area contributed by atoms with Gasteiger partial charge in [-0.25, -0.2) is 5.43 Å². The molecular weight excluding hydrogens is 352 g/mol. The maximum absolute atomic E-state index is 11.7. The fraction of sp³-hybridized carbons (Fsp3) is 0.316. The zero-order valence-electron chi connectivity index (χ0n) is 15.3. The number of carbonyl (C=O) groups is 2.